The van der Waals surface area contributed by atoms with Crippen molar-refractivity contribution in [2.75, 3.05) is 14.1 Å². The molecule has 0 aliphatic heterocycles. The van der Waals surface area contributed by atoms with Crippen LogP contribution in [-0.2, 0) is 0 Å². The Morgan fingerprint density at radius 3 is 2.38 bits per heavy atom. The molecule has 0 amide bonds. The van der Waals surface area contributed by atoms with Gasteiger partial charge < -0.3 is 4.90 Å². The Bertz CT molecular complexity index is 234. The molecule has 1 atom stereocenters. The van der Waals surface area contributed by atoms with Crippen LogP contribution in [0, 0.1) is 5.41 Å². The van der Waals surface area contributed by atoms with Gasteiger partial charge >= 0.3 is 0 Å². The van der Waals surface area contributed by atoms with Gasteiger partial charge in [-0.05, 0) is 38.4 Å². The lowest BCUT2D eigenvalue weighted by Gasteiger charge is -2.27. The summed E-state index contributed by atoms with van der Waals surface area (Å²) in [6, 6.07) is 0.535. The molecule has 1 nitrogen and oxygen atoms in total. The third-order valence-electron chi connectivity index (χ3n) is 2.85. The Morgan fingerprint density at radius 1 is 1.38 bits per heavy atom. The highest BCUT2D eigenvalue weighted by atomic mass is 15.1. The summed E-state index contributed by atoms with van der Waals surface area (Å²) in [5, 5.41) is 0. The van der Waals surface area contributed by atoms with Crippen molar-refractivity contribution in [2.45, 2.75) is 33.2 Å². The van der Waals surface area contributed by atoms with Gasteiger partial charge in [-0.1, -0.05) is 32.1 Å². The van der Waals surface area contributed by atoms with E-state index in [9.17, 15) is 0 Å². The van der Waals surface area contributed by atoms with Crippen LogP contribution in [0.4, 0.5) is 0 Å². The molecule has 1 rings (SSSR count). The van der Waals surface area contributed by atoms with E-state index in [-0.39, 0.29) is 0 Å². The minimum Gasteiger partial charge on any atom is -0.303 e. The van der Waals surface area contributed by atoms with Crippen molar-refractivity contribution in [1.82, 2.24) is 4.90 Å². The van der Waals surface area contributed by atoms with Crippen LogP contribution < -0.4 is 0 Å². The van der Waals surface area contributed by atoms with Crippen LogP contribution in [0.25, 0.3) is 0 Å². The van der Waals surface area contributed by atoms with Gasteiger partial charge in [0.05, 0.1) is 0 Å². The zero-order chi connectivity index (χ0) is 10.1. The zero-order valence-electron chi connectivity index (χ0n) is 9.46. The van der Waals surface area contributed by atoms with Crippen molar-refractivity contribution in [3.63, 3.8) is 0 Å². The van der Waals surface area contributed by atoms with E-state index < -0.39 is 0 Å². The second-order valence-corrected chi connectivity index (χ2v) is 4.87. The monoisotopic (exact) mass is 179 g/mol. The Hall–Kier alpha value is -0.560. The molecule has 0 heterocycles. The lowest BCUT2D eigenvalue weighted by Crippen LogP contribution is -2.27. The van der Waals surface area contributed by atoms with E-state index in [0.717, 1.165) is 6.42 Å². The second-order valence-electron chi connectivity index (χ2n) is 4.87. The second kappa shape index (κ2) is 3.67. The van der Waals surface area contributed by atoms with Gasteiger partial charge in [0.1, 0.15) is 0 Å². The van der Waals surface area contributed by atoms with E-state index >= 15 is 0 Å². The summed E-state index contributed by atoms with van der Waals surface area (Å²) in [4.78, 5) is 2.24. The largest absolute Gasteiger partial charge is 0.303 e. The van der Waals surface area contributed by atoms with E-state index in [2.05, 4.69) is 58.0 Å². The van der Waals surface area contributed by atoms with Crippen molar-refractivity contribution in [2.24, 2.45) is 5.41 Å². The molecule has 0 aromatic rings. The van der Waals surface area contributed by atoms with Gasteiger partial charge in [-0.3, -0.25) is 0 Å². The Labute approximate surface area is 82.1 Å². The fourth-order valence-corrected chi connectivity index (χ4v) is 1.45. The molecular weight excluding hydrogens is 158 g/mol. The minimum atomic E-state index is 0.357. The highest BCUT2D eigenvalue weighted by Crippen LogP contribution is 2.29. The maximum absolute atomic E-state index is 2.37. The first-order chi connectivity index (χ1) is 5.92. The number of nitrogens with zero attached hydrogens (tertiary/aromatic N) is 1. The molecule has 0 aromatic heterocycles. The third kappa shape index (κ3) is 2.70. The van der Waals surface area contributed by atoms with Gasteiger partial charge in [0.15, 0.2) is 0 Å². The van der Waals surface area contributed by atoms with Gasteiger partial charge in [0.2, 0.25) is 0 Å². The fourth-order valence-electron chi connectivity index (χ4n) is 1.45. The van der Waals surface area contributed by atoms with Gasteiger partial charge in [-0.25, -0.2) is 0 Å². The number of hydrogen-bond acceptors (Lipinski definition) is 1. The molecule has 0 N–H and O–H groups in total. The molecule has 1 heteroatoms. The van der Waals surface area contributed by atoms with Crippen molar-refractivity contribution in [3.8, 4) is 0 Å². The van der Waals surface area contributed by atoms with Crippen LogP contribution in [0.5, 0.6) is 0 Å². The summed E-state index contributed by atoms with van der Waals surface area (Å²) in [6.45, 7) is 6.79. The Kier molecular flexibility index (Phi) is 2.97. The fraction of sp³-hybridized carbons (Fsp3) is 0.667. The minimum absolute atomic E-state index is 0.357. The molecule has 0 radical (unpaired) electrons. The van der Waals surface area contributed by atoms with Crippen molar-refractivity contribution in [1.29, 1.82) is 0 Å². The van der Waals surface area contributed by atoms with Crippen LogP contribution in [0.2, 0.25) is 0 Å². The maximum Gasteiger partial charge on any atom is 0.0310 e. The van der Waals surface area contributed by atoms with E-state index in [1.54, 1.807) is 0 Å². The van der Waals surface area contributed by atoms with E-state index in [1.807, 2.05) is 0 Å². The molecule has 0 fully saturated rings. The van der Waals surface area contributed by atoms with E-state index in [0.29, 0.717) is 11.5 Å². The molecule has 0 bridgehead atoms. The maximum atomic E-state index is 2.37. The quantitative estimate of drug-likeness (QED) is 0.630. The topological polar surface area (TPSA) is 3.24 Å². The van der Waals surface area contributed by atoms with Crippen molar-refractivity contribution < 1.29 is 0 Å². The van der Waals surface area contributed by atoms with Gasteiger partial charge in [0, 0.05) is 6.04 Å². The lowest BCUT2D eigenvalue weighted by molar-refractivity contribution is 0.350. The SMILES string of the molecule is CC(C1=CCC(C)(C)C=C1)N(C)C. The number of allylic oxidation sites excluding steroid dienone is 2. The van der Waals surface area contributed by atoms with Crippen LogP contribution in [0.3, 0.4) is 0 Å². The summed E-state index contributed by atoms with van der Waals surface area (Å²) in [5.41, 5.74) is 1.81. The molecular formula is C12H21N. The first-order valence-electron chi connectivity index (χ1n) is 4.98. The van der Waals surface area contributed by atoms with Crippen molar-refractivity contribution in [3.05, 3.63) is 23.8 Å². The third-order valence-corrected chi connectivity index (χ3v) is 2.85. The Balaban J connectivity index is 2.67. The molecule has 0 saturated heterocycles. The molecule has 0 spiro atoms. The highest BCUT2D eigenvalue weighted by Gasteiger charge is 2.18. The predicted octanol–water partition coefficient (Wildman–Crippen LogP) is 2.85. The zero-order valence-corrected chi connectivity index (χ0v) is 9.46. The molecule has 1 aliphatic carbocycles. The highest BCUT2D eigenvalue weighted by molar-refractivity contribution is 5.29. The average Bonchev–Trinajstić information content (AvgIpc) is 2.03. The Morgan fingerprint density at radius 2 is 2.00 bits per heavy atom. The van der Waals surface area contributed by atoms with E-state index in [4.69, 9.17) is 0 Å². The smallest absolute Gasteiger partial charge is 0.0310 e. The summed E-state index contributed by atoms with van der Waals surface area (Å²) in [6.07, 6.45) is 8.12. The number of likely N-dealkylation sites (N-methyl/N-ethyl adjacent to an activating group) is 1. The average molecular weight is 179 g/mol. The van der Waals surface area contributed by atoms with Gasteiger partial charge in [-0.2, -0.15) is 0 Å². The summed E-state index contributed by atoms with van der Waals surface area (Å²) in [7, 11) is 4.25. The van der Waals surface area contributed by atoms with Gasteiger partial charge in [-0.15, -0.1) is 0 Å². The molecule has 13 heavy (non-hydrogen) atoms. The van der Waals surface area contributed by atoms with Crippen LogP contribution >= 0.6 is 0 Å². The standard InChI is InChI=1S/C12H21N/c1-10(13(4)5)11-6-8-12(2,3)9-7-11/h6-8,10H,9H2,1-5H3. The van der Waals surface area contributed by atoms with E-state index in [1.165, 1.54) is 5.57 Å². The van der Waals surface area contributed by atoms with Crippen LogP contribution in [0.15, 0.2) is 23.8 Å². The molecule has 0 aromatic carbocycles. The van der Waals surface area contributed by atoms with Crippen molar-refractivity contribution >= 4 is 0 Å². The van der Waals surface area contributed by atoms with Crippen LogP contribution in [0.1, 0.15) is 27.2 Å². The number of hydrogen-bond donors (Lipinski definition) is 0. The first kappa shape index (κ1) is 10.5. The lowest BCUT2D eigenvalue weighted by atomic mass is 9.83. The molecule has 0 saturated carbocycles. The number of rotatable bonds is 2. The van der Waals surface area contributed by atoms with Crippen LogP contribution in [-0.4, -0.2) is 25.0 Å². The normalized spacial score (nSPS) is 23.1. The summed E-state index contributed by atoms with van der Waals surface area (Å²) < 4.78 is 0. The molecule has 1 aliphatic rings. The molecule has 74 valence electrons. The first-order valence-corrected chi connectivity index (χ1v) is 4.98. The molecule has 1 unspecified atom stereocenters. The van der Waals surface area contributed by atoms with Gasteiger partial charge in [0.25, 0.3) is 0 Å². The summed E-state index contributed by atoms with van der Waals surface area (Å²) >= 11 is 0. The summed E-state index contributed by atoms with van der Waals surface area (Å²) in [5.74, 6) is 0. The predicted molar refractivity (Wildman–Crippen MR) is 58.8 cm³/mol.